The molecular weight excluding hydrogens is 249 g/mol. The molecule has 1 unspecified atom stereocenters. The van der Waals surface area contributed by atoms with E-state index in [1.165, 1.54) is 12.4 Å². The number of alkyl halides is 3. The minimum Gasteiger partial charge on any atom is -0.392 e. The normalized spacial score (nSPS) is 13.8. The average molecular weight is 260 g/mol. The third kappa shape index (κ3) is 2.53. The van der Waals surface area contributed by atoms with Crippen molar-refractivity contribution in [2.45, 2.75) is 19.2 Å². The van der Waals surface area contributed by atoms with Crippen LogP contribution in [0.2, 0.25) is 0 Å². The van der Waals surface area contributed by atoms with Crippen molar-refractivity contribution in [1.82, 2.24) is 14.6 Å². The topological polar surface area (TPSA) is 62.5 Å². The van der Waals surface area contributed by atoms with Crippen molar-refractivity contribution in [2.24, 2.45) is 0 Å². The standard InChI is InChI=1S/C10H11F3N4O/c1-6(18)5-15-9-7-4-8(10(11,12)13)16-17(7)3-2-14-9/h2-4,6,18H,5H2,1H3,(H,14,15). The Morgan fingerprint density at radius 3 is 2.83 bits per heavy atom. The second-order valence-corrected chi connectivity index (χ2v) is 3.86. The van der Waals surface area contributed by atoms with Crippen LogP contribution >= 0.6 is 0 Å². The second-order valence-electron chi connectivity index (χ2n) is 3.86. The molecule has 2 rings (SSSR count). The zero-order chi connectivity index (χ0) is 13.3. The number of rotatable bonds is 3. The Hall–Kier alpha value is -1.83. The van der Waals surface area contributed by atoms with Gasteiger partial charge in [-0.25, -0.2) is 9.50 Å². The predicted molar refractivity (Wildman–Crippen MR) is 58.2 cm³/mol. The van der Waals surface area contributed by atoms with Gasteiger partial charge in [-0.2, -0.15) is 18.3 Å². The van der Waals surface area contributed by atoms with Crippen LogP contribution in [0.3, 0.4) is 0 Å². The van der Waals surface area contributed by atoms with Crippen LogP contribution in [0.4, 0.5) is 19.0 Å². The van der Waals surface area contributed by atoms with Gasteiger partial charge in [0.25, 0.3) is 0 Å². The first-order chi connectivity index (χ1) is 8.38. The lowest BCUT2D eigenvalue weighted by Crippen LogP contribution is -2.16. The molecule has 5 nitrogen and oxygen atoms in total. The van der Waals surface area contributed by atoms with E-state index in [9.17, 15) is 13.2 Å². The molecule has 0 amide bonds. The zero-order valence-electron chi connectivity index (χ0n) is 9.44. The summed E-state index contributed by atoms with van der Waals surface area (Å²) in [6.45, 7) is 1.75. The van der Waals surface area contributed by atoms with E-state index in [2.05, 4.69) is 15.4 Å². The fourth-order valence-corrected chi connectivity index (χ4v) is 1.44. The van der Waals surface area contributed by atoms with Gasteiger partial charge in [0.2, 0.25) is 0 Å². The molecule has 0 aliphatic rings. The Morgan fingerprint density at radius 2 is 2.22 bits per heavy atom. The molecule has 1 atom stereocenters. The highest BCUT2D eigenvalue weighted by molar-refractivity contribution is 5.67. The number of aromatic nitrogens is 3. The number of hydrogen-bond acceptors (Lipinski definition) is 4. The third-order valence-electron chi connectivity index (χ3n) is 2.25. The van der Waals surface area contributed by atoms with Crippen LogP contribution in [0.25, 0.3) is 5.52 Å². The quantitative estimate of drug-likeness (QED) is 0.878. The van der Waals surface area contributed by atoms with E-state index in [0.29, 0.717) is 0 Å². The molecule has 0 aliphatic carbocycles. The maximum absolute atomic E-state index is 12.5. The molecule has 98 valence electrons. The molecule has 0 radical (unpaired) electrons. The number of nitrogens with zero attached hydrogens (tertiary/aromatic N) is 3. The number of aliphatic hydroxyl groups excluding tert-OH is 1. The van der Waals surface area contributed by atoms with Crippen LogP contribution in [0.1, 0.15) is 12.6 Å². The van der Waals surface area contributed by atoms with Crippen LogP contribution in [-0.4, -0.2) is 32.4 Å². The van der Waals surface area contributed by atoms with E-state index >= 15 is 0 Å². The fourth-order valence-electron chi connectivity index (χ4n) is 1.44. The van der Waals surface area contributed by atoms with Gasteiger partial charge >= 0.3 is 6.18 Å². The van der Waals surface area contributed by atoms with Crippen molar-refractivity contribution >= 4 is 11.3 Å². The van der Waals surface area contributed by atoms with Gasteiger partial charge in [0.05, 0.1) is 6.10 Å². The molecule has 2 aromatic heterocycles. The van der Waals surface area contributed by atoms with Gasteiger partial charge in [0.1, 0.15) is 5.52 Å². The van der Waals surface area contributed by atoms with Gasteiger partial charge in [-0.3, -0.25) is 0 Å². The monoisotopic (exact) mass is 260 g/mol. The predicted octanol–water partition coefficient (Wildman–Crippen LogP) is 1.54. The van der Waals surface area contributed by atoms with Crippen LogP contribution in [-0.2, 0) is 6.18 Å². The molecule has 2 aromatic rings. The minimum absolute atomic E-state index is 0.194. The Labute approximate surface area is 100 Å². The number of hydrogen-bond donors (Lipinski definition) is 2. The van der Waals surface area contributed by atoms with Crippen molar-refractivity contribution in [3.05, 3.63) is 24.2 Å². The van der Waals surface area contributed by atoms with E-state index in [4.69, 9.17) is 5.11 Å². The number of anilines is 1. The van der Waals surface area contributed by atoms with Gasteiger partial charge in [-0.05, 0) is 6.92 Å². The second kappa shape index (κ2) is 4.45. The van der Waals surface area contributed by atoms with Crippen LogP contribution in [0, 0.1) is 0 Å². The first-order valence-corrected chi connectivity index (χ1v) is 5.21. The van der Waals surface area contributed by atoms with E-state index in [-0.39, 0.29) is 17.9 Å². The first-order valence-electron chi connectivity index (χ1n) is 5.21. The molecule has 18 heavy (non-hydrogen) atoms. The molecule has 0 aromatic carbocycles. The first kappa shape index (κ1) is 12.6. The highest BCUT2D eigenvalue weighted by Gasteiger charge is 2.34. The number of halogens is 3. The van der Waals surface area contributed by atoms with Gasteiger partial charge in [0, 0.05) is 25.0 Å². The summed E-state index contributed by atoms with van der Waals surface area (Å²) in [6.07, 6.45) is -2.45. The molecule has 0 fully saturated rings. The van der Waals surface area contributed by atoms with E-state index in [1.54, 1.807) is 6.92 Å². The molecular formula is C10H11F3N4O. The largest absolute Gasteiger partial charge is 0.435 e. The van der Waals surface area contributed by atoms with Gasteiger partial charge < -0.3 is 10.4 Å². The van der Waals surface area contributed by atoms with Crippen molar-refractivity contribution in [3.63, 3.8) is 0 Å². The Morgan fingerprint density at radius 1 is 1.50 bits per heavy atom. The van der Waals surface area contributed by atoms with Crippen molar-refractivity contribution < 1.29 is 18.3 Å². The zero-order valence-corrected chi connectivity index (χ0v) is 9.44. The van der Waals surface area contributed by atoms with Gasteiger partial charge in [0.15, 0.2) is 11.5 Å². The lowest BCUT2D eigenvalue weighted by atomic mass is 10.3. The number of fused-ring (bicyclic) bond motifs is 1. The van der Waals surface area contributed by atoms with E-state index in [0.717, 1.165) is 10.6 Å². The summed E-state index contributed by atoms with van der Waals surface area (Å²) in [4.78, 5) is 3.92. The molecule has 0 spiro atoms. The fraction of sp³-hybridized carbons (Fsp3) is 0.400. The summed E-state index contributed by atoms with van der Waals surface area (Å²) in [7, 11) is 0. The average Bonchev–Trinajstić information content (AvgIpc) is 2.69. The highest BCUT2D eigenvalue weighted by atomic mass is 19.4. The third-order valence-corrected chi connectivity index (χ3v) is 2.25. The molecule has 2 heterocycles. The Balaban J connectivity index is 2.39. The molecule has 2 N–H and O–H groups in total. The number of nitrogens with one attached hydrogen (secondary N) is 1. The molecule has 0 saturated carbocycles. The number of aliphatic hydroxyl groups is 1. The summed E-state index contributed by atoms with van der Waals surface area (Å²) in [5.41, 5.74) is -0.763. The summed E-state index contributed by atoms with van der Waals surface area (Å²) >= 11 is 0. The highest BCUT2D eigenvalue weighted by Crippen LogP contribution is 2.29. The molecule has 0 aliphatic heterocycles. The lowest BCUT2D eigenvalue weighted by molar-refractivity contribution is -0.141. The van der Waals surface area contributed by atoms with Crippen LogP contribution in [0.15, 0.2) is 18.5 Å². The van der Waals surface area contributed by atoms with Crippen molar-refractivity contribution in [1.29, 1.82) is 0 Å². The SMILES string of the molecule is CC(O)CNc1nccn2nc(C(F)(F)F)cc12. The van der Waals surface area contributed by atoms with Crippen molar-refractivity contribution in [2.75, 3.05) is 11.9 Å². The summed E-state index contributed by atoms with van der Waals surface area (Å²) in [5.74, 6) is 0.251. The summed E-state index contributed by atoms with van der Waals surface area (Å²) in [5, 5.41) is 15.3. The summed E-state index contributed by atoms with van der Waals surface area (Å²) < 4.78 is 38.6. The maximum Gasteiger partial charge on any atom is 0.435 e. The van der Waals surface area contributed by atoms with Gasteiger partial charge in [-0.1, -0.05) is 0 Å². The van der Waals surface area contributed by atoms with Crippen LogP contribution in [0.5, 0.6) is 0 Å². The molecule has 8 heteroatoms. The van der Waals surface area contributed by atoms with E-state index < -0.39 is 18.0 Å². The molecule has 0 bridgehead atoms. The van der Waals surface area contributed by atoms with Gasteiger partial charge in [-0.15, -0.1) is 0 Å². The minimum atomic E-state index is -4.49. The summed E-state index contributed by atoms with van der Waals surface area (Å²) in [6, 6.07) is 0.914. The Kier molecular flexibility index (Phi) is 3.12. The maximum atomic E-state index is 12.5. The van der Waals surface area contributed by atoms with Crippen molar-refractivity contribution in [3.8, 4) is 0 Å². The Bertz CT molecular complexity index is 550. The lowest BCUT2D eigenvalue weighted by Gasteiger charge is -2.07. The smallest absolute Gasteiger partial charge is 0.392 e. The molecule has 0 saturated heterocycles. The van der Waals surface area contributed by atoms with Crippen LogP contribution < -0.4 is 5.32 Å². The van der Waals surface area contributed by atoms with E-state index in [1.807, 2.05) is 0 Å².